The monoisotopic (exact) mass is 357 g/mol. The molecule has 0 N–H and O–H groups in total. The summed E-state index contributed by atoms with van der Waals surface area (Å²) in [5.41, 5.74) is 2.33. The SMILES string of the molecule is Cc1cc(Cl)ccc1OCC(=O)N1CCC(Cc2ccccc2)CC1. The summed E-state index contributed by atoms with van der Waals surface area (Å²) in [6.45, 7) is 3.66. The summed E-state index contributed by atoms with van der Waals surface area (Å²) < 4.78 is 5.68. The molecule has 0 bridgehead atoms. The van der Waals surface area contributed by atoms with Crippen LogP contribution in [-0.4, -0.2) is 30.5 Å². The topological polar surface area (TPSA) is 29.5 Å². The lowest BCUT2D eigenvalue weighted by atomic mass is 9.90. The van der Waals surface area contributed by atoms with E-state index in [2.05, 4.69) is 24.3 Å². The summed E-state index contributed by atoms with van der Waals surface area (Å²) in [5, 5.41) is 0.677. The Labute approximate surface area is 154 Å². The van der Waals surface area contributed by atoms with E-state index in [4.69, 9.17) is 16.3 Å². The Morgan fingerprint density at radius 3 is 2.56 bits per heavy atom. The fourth-order valence-electron chi connectivity index (χ4n) is 3.34. The van der Waals surface area contributed by atoms with Crippen molar-refractivity contribution in [3.05, 3.63) is 64.7 Å². The van der Waals surface area contributed by atoms with Crippen LogP contribution in [0.25, 0.3) is 0 Å². The van der Waals surface area contributed by atoms with Crippen LogP contribution < -0.4 is 4.74 Å². The molecule has 4 heteroatoms. The van der Waals surface area contributed by atoms with Gasteiger partial charge in [0.1, 0.15) is 5.75 Å². The molecule has 0 radical (unpaired) electrons. The van der Waals surface area contributed by atoms with Gasteiger partial charge in [-0.1, -0.05) is 41.9 Å². The number of benzene rings is 2. The number of rotatable bonds is 5. The van der Waals surface area contributed by atoms with Crippen molar-refractivity contribution < 1.29 is 9.53 Å². The number of piperidine rings is 1. The van der Waals surface area contributed by atoms with Gasteiger partial charge in [0.25, 0.3) is 5.91 Å². The summed E-state index contributed by atoms with van der Waals surface area (Å²) in [6.07, 6.45) is 3.21. The molecule has 0 atom stereocenters. The first-order valence-corrected chi connectivity index (χ1v) is 9.20. The highest BCUT2D eigenvalue weighted by molar-refractivity contribution is 6.30. The molecule has 0 aromatic heterocycles. The van der Waals surface area contributed by atoms with Gasteiger partial charge < -0.3 is 9.64 Å². The Kier molecular flexibility index (Phi) is 5.98. The summed E-state index contributed by atoms with van der Waals surface area (Å²) >= 11 is 5.94. The number of hydrogen-bond donors (Lipinski definition) is 0. The van der Waals surface area contributed by atoms with E-state index < -0.39 is 0 Å². The highest BCUT2D eigenvalue weighted by Gasteiger charge is 2.23. The molecule has 0 saturated carbocycles. The van der Waals surface area contributed by atoms with Gasteiger partial charge in [-0.25, -0.2) is 0 Å². The van der Waals surface area contributed by atoms with Crippen molar-refractivity contribution in [2.45, 2.75) is 26.2 Å². The lowest BCUT2D eigenvalue weighted by molar-refractivity contribution is -0.134. The van der Waals surface area contributed by atoms with Gasteiger partial charge in [-0.15, -0.1) is 0 Å². The van der Waals surface area contributed by atoms with Gasteiger partial charge in [0.15, 0.2) is 6.61 Å². The normalized spacial score (nSPS) is 15.2. The van der Waals surface area contributed by atoms with Crippen LogP contribution in [0.1, 0.15) is 24.0 Å². The number of hydrogen-bond acceptors (Lipinski definition) is 2. The average molecular weight is 358 g/mol. The molecule has 0 aliphatic carbocycles. The molecule has 0 unspecified atom stereocenters. The Morgan fingerprint density at radius 1 is 1.16 bits per heavy atom. The zero-order chi connectivity index (χ0) is 17.6. The molecule has 1 aliphatic rings. The van der Waals surface area contributed by atoms with Crippen LogP contribution in [0, 0.1) is 12.8 Å². The second kappa shape index (κ2) is 8.39. The van der Waals surface area contributed by atoms with Crippen LogP contribution in [0.2, 0.25) is 5.02 Å². The first-order valence-electron chi connectivity index (χ1n) is 8.82. The van der Waals surface area contributed by atoms with E-state index in [-0.39, 0.29) is 12.5 Å². The molecular formula is C21H24ClNO2. The van der Waals surface area contributed by atoms with Crippen molar-refractivity contribution >= 4 is 17.5 Å². The standard InChI is InChI=1S/C21H24ClNO2/c1-16-13-19(22)7-8-20(16)25-15-21(24)23-11-9-18(10-12-23)14-17-5-3-2-4-6-17/h2-8,13,18H,9-12,14-15H2,1H3. The summed E-state index contributed by atoms with van der Waals surface area (Å²) in [6, 6.07) is 16.0. The number of aryl methyl sites for hydroxylation is 1. The molecule has 3 rings (SSSR count). The molecule has 0 spiro atoms. The smallest absolute Gasteiger partial charge is 0.260 e. The maximum absolute atomic E-state index is 12.4. The number of carbonyl (C=O) groups is 1. The van der Waals surface area contributed by atoms with Crippen LogP contribution in [-0.2, 0) is 11.2 Å². The van der Waals surface area contributed by atoms with Gasteiger partial charge in [0, 0.05) is 18.1 Å². The van der Waals surface area contributed by atoms with E-state index in [0.29, 0.717) is 10.9 Å². The van der Waals surface area contributed by atoms with Crippen molar-refractivity contribution in [2.24, 2.45) is 5.92 Å². The number of likely N-dealkylation sites (tertiary alicyclic amines) is 1. The highest BCUT2D eigenvalue weighted by Crippen LogP contribution is 2.23. The fraction of sp³-hybridized carbons (Fsp3) is 0.381. The Hall–Kier alpha value is -2.00. The minimum Gasteiger partial charge on any atom is -0.483 e. The molecule has 25 heavy (non-hydrogen) atoms. The van der Waals surface area contributed by atoms with E-state index in [0.717, 1.165) is 43.7 Å². The number of halogens is 1. The average Bonchev–Trinajstić information content (AvgIpc) is 2.62. The van der Waals surface area contributed by atoms with Crippen LogP contribution in [0.4, 0.5) is 0 Å². The van der Waals surface area contributed by atoms with Crippen LogP contribution in [0.15, 0.2) is 48.5 Å². The lowest BCUT2D eigenvalue weighted by Crippen LogP contribution is -2.41. The predicted octanol–water partition coefficient (Wildman–Crippen LogP) is 4.51. The number of nitrogens with zero attached hydrogens (tertiary/aromatic N) is 1. The molecule has 2 aromatic rings. The van der Waals surface area contributed by atoms with E-state index in [1.165, 1.54) is 5.56 Å². The second-order valence-electron chi connectivity index (χ2n) is 6.71. The molecule has 1 saturated heterocycles. The van der Waals surface area contributed by atoms with Crippen LogP contribution in [0.5, 0.6) is 5.75 Å². The quantitative estimate of drug-likeness (QED) is 0.788. The van der Waals surface area contributed by atoms with Gasteiger partial charge in [-0.05, 0) is 61.4 Å². The van der Waals surface area contributed by atoms with Crippen LogP contribution >= 0.6 is 11.6 Å². The summed E-state index contributed by atoms with van der Waals surface area (Å²) in [5.74, 6) is 1.44. The van der Waals surface area contributed by atoms with Crippen molar-refractivity contribution in [2.75, 3.05) is 19.7 Å². The van der Waals surface area contributed by atoms with Crippen molar-refractivity contribution in [1.82, 2.24) is 4.90 Å². The molecular weight excluding hydrogens is 334 g/mol. The van der Waals surface area contributed by atoms with Gasteiger partial charge in [-0.3, -0.25) is 4.79 Å². The third kappa shape index (κ3) is 4.99. The fourth-order valence-corrected chi connectivity index (χ4v) is 3.57. The molecule has 3 nitrogen and oxygen atoms in total. The van der Waals surface area contributed by atoms with Gasteiger partial charge in [-0.2, -0.15) is 0 Å². The molecule has 132 valence electrons. The summed E-state index contributed by atoms with van der Waals surface area (Å²) in [7, 11) is 0. The first kappa shape index (κ1) is 17.8. The Bertz CT molecular complexity index is 709. The Balaban J connectivity index is 1.45. The van der Waals surface area contributed by atoms with Crippen molar-refractivity contribution in [3.63, 3.8) is 0 Å². The number of amides is 1. The zero-order valence-corrected chi connectivity index (χ0v) is 15.3. The van der Waals surface area contributed by atoms with Gasteiger partial charge in [0.05, 0.1) is 0 Å². The van der Waals surface area contributed by atoms with Crippen molar-refractivity contribution in [1.29, 1.82) is 0 Å². The maximum atomic E-state index is 12.4. The Morgan fingerprint density at radius 2 is 1.88 bits per heavy atom. The molecule has 1 heterocycles. The minimum atomic E-state index is 0.0625. The van der Waals surface area contributed by atoms with Crippen LogP contribution in [0.3, 0.4) is 0 Å². The molecule has 2 aromatic carbocycles. The zero-order valence-electron chi connectivity index (χ0n) is 14.6. The second-order valence-corrected chi connectivity index (χ2v) is 7.15. The lowest BCUT2D eigenvalue weighted by Gasteiger charge is -2.32. The third-order valence-corrected chi connectivity index (χ3v) is 5.06. The largest absolute Gasteiger partial charge is 0.483 e. The predicted molar refractivity (Wildman–Crippen MR) is 101 cm³/mol. The van der Waals surface area contributed by atoms with Crippen molar-refractivity contribution in [3.8, 4) is 5.75 Å². The molecule has 1 amide bonds. The minimum absolute atomic E-state index is 0.0625. The van der Waals surface area contributed by atoms with E-state index >= 15 is 0 Å². The van der Waals surface area contributed by atoms with Gasteiger partial charge in [0.2, 0.25) is 0 Å². The highest BCUT2D eigenvalue weighted by atomic mass is 35.5. The van der Waals surface area contributed by atoms with E-state index in [1.54, 1.807) is 6.07 Å². The van der Waals surface area contributed by atoms with Gasteiger partial charge >= 0.3 is 0 Å². The van der Waals surface area contributed by atoms with E-state index in [1.807, 2.05) is 30.0 Å². The molecule has 1 aliphatic heterocycles. The molecule has 1 fully saturated rings. The number of ether oxygens (including phenoxy) is 1. The summed E-state index contributed by atoms with van der Waals surface area (Å²) in [4.78, 5) is 14.3. The maximum Gasteiger partial charge on any atom is 0.260 e. The van der Waals surface area contributed by atoms with E-state index in [9.17, 15) is 4.79 Å². The number of carbonyl (C=O) groups excluding carboxylic acids is 1. The first-order chi connectivity index (χ1) is 12.1. The third-order valence-electron chi connectivity index (χ3n) is 4.82.